The quantitative estimate of drug-likeness (QED) is 0.871. The van der Waals surface area contributed by atoms with Crippen LogP contribution in [0, 0.1) is 6.92 Å². The van der Waals surface area contributed by atoms with E-state index in [1.807, 2.05) is 14.0 Å². The Hall–Kier alpha value is -1.36. The average molecular weight is 263 g/mol. The summed E-state index contributed by atoms with van der Waals surface area (Å²) in [4.78, 5) is 11.4. The molecule has 0 amide bonds. The maximum absolute atomic E-state index is 4.56. The molecule has 1 aromatic rings. The summed E-state index contributed by atoms with van der Waals surface area (Å²) in [5.41, 5.74) is 0.0105. The first-order valence-electron chi connectivity index (χ1n) is 6.93. The van der Waals surface area contributed by atoms with Gasteiger partial charge in [0.1, 0.15) is 17.5 Å². The van der Waals surface area contributed by atoms with Crippen molar-refractivity contribution in [2.45, 2.75) is 45.7 Å². The zero-order valence-corrected chi connectivity index (χ0v) is 12.6. The third-order valence-electron chi connectivity index (χ3n) is 3.25. The number of aromatic nitrogens is 2. The van der Waals surface area contributed by atoms with Crippen molar-refractivity contribution in [2.24, 2.45) is 0 Å². The molecule has 5 nitrogen and oxygen atoms in total. The van der Waals surface area contributed by atoms with Gasteiger partial charge in [-0.2, -0.15) is 0 Å². The number of hydrogen-bond donors (Lipinski definition) is 2. The Balaban J connectivity index is 2.17. The van der Waals surface area contributed by atoms with Crippen molar-refractivity contribution in [1.29, 1.82) is 0 Å². The van der Waals surface area contributed by atoms with Gasteiger partial charge in [-0.15, -0.1) is 0 Å². The second kappa shape index (κ2) is 5.33. The molecular formula is C14H25N5. The fraction of sp³-hybridized carbons (Fsp3) is 0.714. The van der Waals surface area contributed by atoms with Crippen LogP contribution in [0.25, 0.3) is 0 Å². The molecular weight excluding hydrogens is 238 g/mol. The predicted octanol–water partition coefficient (Wildman–Crippen LogP) is 1.79. The van der Waals surface area contributed by atoms with E-state index in [0.29, 0.717) is 6.04 Å². The van der Waals surface area contributed by atoms with Gasteiger partial charge in [0.05, 0.1) is 0 Å². The molecule has 0 radical (unpaired) electrons. The molecule has 2 heterocycles. The van der Waals surface area contributed by atoms with Crippen LogP contribution in [0.2, 0.25) is 0 Å². The molecule has 0 aliphatic carbocycles. The van der Waals surface area contributed by atoms with Crippen molar-refractivity contribution in [3.63, 3.8) is 0 Å². The summed E-state index contributed by atoms with van der Waals surface area (Å²) < 4.78 is 0. The van der Waals surface area contributed by atoms with Crippen LogP contribution in [0.5, 0.6) is 0 Å². The molecule has 1 saturated heterocycles. The molecule has 0 saturated carbocycles. The number of rotatable bonds is 3. The number of likely N-dealkylation sites (N-methyl/N-ethyl adjacent to an activating group) is 1. The van der Waals surface area contributed by atoms with Crippen molar-refractivity contribution < 1.29 is 0 Å². The Bertz CT molecular complexity index is 438. The van der Waals surface area contributed by atoms with Crippen molar-refractivity contribution >= 4 is 11.6 Å². The first-order chi connectivity index (χ1) is 8.87. The Kier molecular flexibility index (Phi) is 3.94. The molecule has 1 aliphatic heterocycles. The summed E-state index contributed by atoms with van der Waals surface area (Å²) in [5, 5.41) is 6.75. The molecule has 1 atom stereocenters. The lowest BCUT2D eigenvalue weighted by Gasteiger charge is -2.23. The predicted molar refractivity (Wildman–Crippen MR) is 79.8 cm³/mol. The fourth-order valence-corrected chi connectivity index (χ4v) is 2.37. The van der Waals surface area contributed by atoms with E-state index < -0.39 is 0 Å². The number of nitrogens with zero attached hydrogens (tertiary/aromatic N) is 3. The van der Waals surface area contributed by atoms with E-state index in [4.69, 9.17) is 0 Å². The second-order valence-electron chi connectivity index (χ2n) is 6.25. The topological polar surface area (TPSA) is 53.1 Å². The summed E-state index contributed by atoms with van der Waals surface area (Å²) in [6.45, 7) is 10.4. The summed E-state index contributed by atoms with van der Waals surface area (Å²) >= 11 is 0. The summed E-state index contributed by atoms with van der Waals surface area (Å²) in [5.74, 6) is 2.75. The van der Waals surface area contributed by atoms with Gasteiger partial charge in [-0.25, -0.2) is 9.97 Å². The van der Waals surface area contributed by atoms with Gasteiger partial charge in [-0.1, -0.05) is 0 Å². The van der Waals surface area contributed by atoms with Crippen molar-refractivity contribution in [1.82, 2.24) is 15.3 Å². The van der Waals surface area contributed by atoms with Gasteiger partial charge >= 0.3 is 0 Å². The molecule has 0 aromatic carbocycles. The van der Waals surface area contributed by atoms with Crippen LogP contribution >= 0.6 is 0 Å². The fourth-order valence-electron chi connectivity index (χ4n) is 2.37. The monoisotopic (exact) mass is 263 g/mol. The van der Waals surface area contributed by atoms with Crippen LogP contribution in [-0.4, -0.2) is 41.7 Å². The van der Waals surface area contributed by atoms with Crippen molar-refractivity contribution in [3.05, 3.63) is 11.9 Å². The molecule has 0 bridgehead atoms. The molecule has 106 valence electrons. The maximum Gasteiger partial charge on any atom is 0.134 e. The lowest BCUT2D eigenvalue weighted by atomic mass is 10.1. The Labute approximate surface area is 115 Å². The molecule has 1 aliphatic rings. The SMILES string of the molecule is CNC1CCN(c2cc(NC(C)(C)C)nc(C)n2)C1. The largest absolute Gasteiger partial charge is 0.365 e. The van der Waals surface area contributed by atoms with Gasteiger partial charge in [-0.3, -0.25) is 0 Å². The Morgan fingerprint density at radius 1 is 1.32 bits per heavy atom. The third kappa shape index (κ3) is 3.80. The van der Waals surface area contributed by atoms with E-state index in [-0.39, 0.29) is 5.54 Å². The van der Waals surface area contributed by atoms with Gasteiger partial charge in [-0.05, 0) is 41.2 Å². The van der Waals surface area contributed by atoms with Gasteiger partial charge in [0, 0.05) is 30.7 Å². The average Bonchev–Trinajstić information content (AvgIpc) is 2.74. The van der Waals surface area contributed by atoms with E-state index in [1.54, 1.807) is 0 Å². The molecule has 5 heteroatoms. The zero-order chi connectivity index (χ0) is 14.0. The van der Waals surface area contributed by atoms with E-state index in [0.717, 1.165) is 30.5 Å². The highest BCUT2D eigenvalue weighted by molar-refractivity contribution is 5.51. The van der Waals surface area contributed by atoms with Crippen molar-refractivity contribution in [2.75, 3.05) is 30.4 Å². The van der Waals surface area contributed by atoms with Crippen LogP contribution in [0.4, 0.5) is 11.6 Å². The lowest BCUT2D eigenvalue weighted by Crippen LogP contribution is -2.30. The van der Waals surface area contributed by atoms with Crippen molar-refractivity contribution in [3.8, 4) is 0 Å². The molecule has 19 heavy (non-hydrogen) atoms. The van der Waals surface area contributed by atoms with Crippen LogP contribution in [-0.2, 0) is 0 Å². The molecule has 2 N–H and O–H groups in total. The molecule has 1 unspecified atom stereocenters. The van der Waals surface area contributed by atoms with E-state index in [2.05, 4.69) is 52.3 Å². The number of nitrogens with one attached hydrogen (secondary N) is 2. The van der Waals surface area contributed by atoms with Gasteiger partial charge in [0.2, 0.25) is 0 Å². The minimum Gasteiger partial charge on any atom is -0.365 e. The summed E-state index contributed by atoms with van der Waals surface area (Å²) in [7, 11) is 2.02. The highest BCUT2D eigenvalue weighted by atomic mass is 15.2. The maximum atomic E-state index is 4.56. The lowest BCUT2D eigenvalue weighted by molar-refractivity contribution is 0.616. The number of hydrogen-bond acceptors (Lipinski definition) is 5. The summed E-state index contributed by atoms with van der Waals surface area (Å²) in [6, 6.07) is 2.62. The molecule has 0 spiro atoms. The van der Waals surface area contributed by atoms with Gasteiger partial charge in [0.25, 0.3) is 0 Å². The second-order valence-corrected chi connectivity index (χ2v) is 6.25. The number of aryl methyl sites for hydroxylation is 1. The minimum atomic E-state index is 0.0105. The number of anilines is 2. The first kappa shape index (κ1) is 14.1. The smallest absolute Gasteiger partial charge is 0.134 e. The molecule has 1 aromatic heterocycles. The highest BCUT2D eigenvalue weighted by Gasteiger charge is 2.23. The van der Waals surface area contributed by atoms with Crippen LogP contribution < -0.4 is 15.5 Å². The molecule has 1 fully saturated rings. The van der Waals surface area contributed by atoms with Crippen LogP contribution in [0.3, 0.4) is 0 Å². The van der Waals surface area contributed by atoms with E-state index in [1.165, 1.54) is 6.42 Å². The Morgan fingerprint density at radius 2 is 2.05 bits per heavy atom. The van der Waals surface area contributed by atoms with Crippen LogP contribution in [0.1, 0.15) is 33.0 Å². The van der Waals surface area contributed by atoms with Crippen LogP contribution in [0.15, 0.2) is 6.07 Å². The van der Waals surface area contributed by atoms with E-state index >= 15 is 0 Å². The highest BCUT2D eigenvalue weighted by Crippen LogP contribution is 2.22. The Morgan fingerprint density at radius 3 is 2.63 bits per heavy atom. The third-order valence-corrected chi connectivity index (χ3v) is 3.25. The van der Waals surface area contributed by atoms with Gasteiger partial charge in [0.15, 0.2) is 0 Å². The normalized spacial score (nSPS) is 19.8. The molecule has 2 rings (SSSR count). The first-order valence-corrected chi connectivity index (χ1v) is 6.93. The summed E-state index contributed by atoms with van der Waals surface area (Å²) in [6.07, 6.45) is 1.17. The minimum absolute atomic E-state index is 0.0105. The zero-order valence-electron chi connectivity index (χ0n) is 12.6. The van der Waals surface area contributed by atoms with Gasteiger partial charge < -0.3 is 15.5 Å². The van der Waals surface area contributed by atoms with E-state index in [9.17, 15) is 0 Å². The standard InChI is InChI=1S/C14H25N5/c1-10-16-12(18-14(2,3)4)8-13(17-10)19-7-6-11(9-19)15-5/h8,11,15H,6-7,9H2,1-5H3,(H,16,17,18).